The van der Waals surface area contributed by atoms with Crippen LogP contribution in [-0.4, -0.2) is 5.11 Å². The molecule has 0 aliphatic heterocycles. The lowest BCUT2D eigenvalue weighted by molar-refractivity contribution is -0.0504. The van der Waals surface area contributed by atoms with Gasteiger partial charge >= 0.3 is 0 Å². The Kier molecular flexibility index (Phi) is 2.95. The summed E-state index contributed by atoms with van der Waals surface area (Å²) in [7, 11) is 0. The number of aliphatic hydroxyl groups is 1. The zero-order chi connectivity index (χ0) is 11.1. The molecular weight excluding hydrogens is 256 g/mol. The van der Waals surface area contributed by atoms with Crippen molar-refractivity contribution < 1.29 is 9.52 Å². The number of furan rings is 1. The van der Waals surface area contributed by atoms with E-state index in [-0.39, 0.29) is 0 Å². The molecule has 84 valence electrons. The van der Waals surface area contributed by atoms with Crippen LogP contribution in [0.4, 0.5) is 0 Å². The summed E-state index contributed by atoms with van der Waals surface area (Å²) in [5.74, 6) is 1.93. The smallest absolute Gasteiger partial charge is 0.149 e. The maximum atomic E-state index is 10.6. The van der Waals surface area contributed by atoms with Crippen LogP contribution in [0, 0.1) is 11.8 Å². The molecular formula is C12H17BrO2. The third-order valence-electron chi connectivity index (χ3n) is 3.68. The van der Waals surface area contributed by atoms with Crippen LogP contribution in [0.1, 0.15) is 38.9 Å². The van der Waals surface area contributed by atoms with Gasteiger partial charge < -0.3 is 9.52 Å². The monoisotopic (exact) mass is 272 g/mol. The van der Waals surface area contributed by atoms with Crippen LogP contribution in [-0.2, 0) is 5.60 Å². The van der Waals surface area contributed by atoms with Gasteiger partial charge in [0.05, 0.1) is 10.7 Å². The number of rotatable bonds is 1. The molecule has 0 radical (unpaired) electrons. The molecule has 3 atom stereocenters. The van der Waals surface area contributed by atoms with E-state index in [4.69, 9.17) is 4.42 Å². The van der Waals surface area contributed by atoms with E-state index in [1.54, 1.807) is 6.26 Å². The molecule has 15 heavy (non-hydrogen) atoms. The summed E-state index contributed by atoms with van der Waals surface area (Å²) in [6, 6.07) is 1.84. The maximum absolute atomic E-state index is 10.6. The fraction of sp³-hybridized carbons (Fsp3) is 0.667. The van der Waals surface area contributed by atoms with Gasteiger partial charge in [0.15, 0.2) is 0 Å². The molecule has 0 saturated heterocycles. The van der Waals surface area contributed by atoms with Gasteiger partial charge in [0, 0.05) is 0 Å². The molecule has 2 nitrogen and oxygen atoms in total. The lowest BCUT2D eigenvalue weighted by atomic mass is 9.72. The zero-order valence-corrected chi connectivity index (χ0v) is 10.8. The summed E-state index contributed by atoms with van der Waals surface area (Å²) in [5.41, 5.74) is -0.770. The highest BCUT2D eigenvalue weighted by Crippen LogP contribution is 2.44. The standard InChI is InChI=1S/C12H17BrO2/c1-8-3-5-12(14,7-9(8)2)11-10(13)4-6-15-11/h4,6,8-9,14H,3,5,7H2,1-2H3. The first-order valence-electron chi connectivity index (χ1n) is 5.49. The van der Waals surface area contributed by atoms with Crippen molar-refractivity contribution in [3.05, 3.63) is 22.6 Å². The topological polar surface area (TPSA) is 33.4 Å². The van der Waals surface area contributed by atoms with Crippen molar-refractivity contribution in [3.63, 3.8) is 0 Å². The molecule has 3 unspecified atom stereocenters. The molecule has 1 heterocycles. The van der Waals surface area contributed by atoms with E-state index in [0.29, 0.717) is 17.6 Å². The van der Waals surface area contributed by atoms with Crippen molar-refractivity contribution in [3.8, 4) is 0 Å². The molecule has 0 spiro atoms. The summed E-state index contributed by atoms with van der Waals surface area (Å²) >= 11 is 3.42. The van der Waals surface area contributed by atoms with Crippen LogP contribution in [0.3, 0.4) is 0 Å². The summed E-state index contributed by atoms with van der Waals surface area (Å²) in [6.45, 7) is 4.45. The van der Waals surface area contributed by atoms with Gasteiger partial charge in [0.1, 0.15) is 11.4 Å². The highest BCUT2D eigenvalue weighted by atomic mass is 79.9. The Morgan fingerprint density at radius 3 is 2.73 bits per heavy atom. The van der Waals surface area contributed by atoms with E-state index in [1.165, 1.54) is 0 Å². The van der Waals surface area contributed by atoms with Crippen LogP contribution >= 0.6 is 15.9 Å². The van der Waals surface area contributed by atoms with Gasteiger partial charge in [-0.15, -0.1) is 0 Å². The molecule has 1 aliphatic carbocycles. The van der Waals surface area contributed by atoms with Crippen molar-refractivity contribution in [2.45, 2.75) is 38.7 Å². The Bertz CT molecular complexity index is 347. The minimum Gasteiger partial charge on any atom is -0.465 e. The zero-order valence-electron chi connectivity index (χ0n) is 9.16. The van der Waals surface area contributed by atoms with Crippen LogP contribution in [0.15, 0.2) is 21.2 Å². The molecule has 1 fully saturated rings. The van der Waals surface area contributed by atoms with Crippen LogP contribution < -0.4 is 0 Å². The Morgan fingerprint density at radius 1 is 1.47 bits per heavy atom. The van der Waals surface area contributed by atoms with Crippen molar-refractivity contribution in [2.24, 2.45) is 11.8 Å². The number of hydrogen-bond acceptors (Lipinski definition) is 2. The van der Waals surface area contributed by atoms with Gasteiger partial charge in [-0.05, 0) is 53.1 Å². The van der Waals surface area contributed by atoms with E-state index in [2.05, 4.69) is 29.8 Å². The third-order valence-corrected chi connectivity index (χ3v) is 4.31. The van der Waals surface area contributed by atoms with E-state index in [0.717, 1.165) is 23.7 Å². The Labute approximate surface area is 98.8 Å². The molecule has 3 heteroatoms. The minimum absolute atomic E-state index is 0.542. The molecule has 0 amide bonds. The molecule has 2 rings (SSSR count). The highest BCUT2D eigenvalue weighted by Gasteiger charge is 2.40. The first kappa shape index (κ1) is 11.2. The first-order chi connectivity index (χ1) is 7.03. The summed E-state index contributed by atoms with van der Waals surface area (Å²) in [4.78, 5) is 0. The SMILES string of the molecule is CC1CCC(O)(c2occc2Br)CC1C. The van der Waals surface area contributed by atoms with Gasteiger partial charge in [0.2, 0.25) is 0 Å². The second kappa shape index (κ2) is 3.95. The Morgan fingerprint density at radius 2 is 2.20 bits per heavy atom. The minimum atomic E-state index is -0.770. The average molecular weight is 273 g/mol. The van der Waals surface area contributed by atoms with E-state index in [1.807, 2.05) is 6.07 Å². The maximum Gasteiger partial charge on any atom is 0.149 e. The van der Waals surface area contributed by atoms with Gasteiger partial charge in [-0.3, -0.25) is 0 Å². The molecule has 0 aromatic carbocycles. The third kappa shape index (κ3) is 2.00. The molecule has 1 aliphatic rings. The number of halogens is 1. The molecule has 1 aromatic rings. The van der Waals surface area contributed by atoms with Gasteiger partial charge in [-0.25, -0.2) is 0 Å². The molecule has 1 aromatic heterocycles. The van der Waals surface area contributed by atoms with Gasteiger partial charge in [0.25, 0.3) is 0 Å². The van der Waals surface area contributed by atoms with Crippen molar-refractivity contribution in [1.29, 1.82) is 0 Å². The summed E-state index contributed by atoms with van der Waals surface area (Å²) in [5, 5.41) is 10.6. The van der Waals surface area contributed by atoms with Crippen LogP contribution in [0.25, 0.3) is 0 Å². The van der Waals surface area contributed by atoms with E-state index < -0.39 is 5.60 Å². The van der Waals surface area contributed by atoms with Crippen LogP contribution in [0.5, 0.6) is 0 Å². The van der Waals surface area contributed by atoms with Gasteiger partial charge in [-0.2, -0.15) is 0 Å². The highest BCUT2D eigenvalue weighted by molar-refractivity contribution is 9.10. The quantitative estimate of drug-likeness (QED) is 0.846. The van der Waals surface area contributed by atoms with E-state index >= 15 is 0 Å². The Balaban J connectivity index is 2.25. The summed E-state index contributed by atoms with van der Waals surface area (Å²) < 4.78 is 6.27. The largest absolute Gasteiger partial charge is 0.465 e. The molecule has 1 saturated carbocycles. The second-order valence-corrected chi connectivity index (χ2v) is 5.68. The Hall–Kier alpha value is -0.280. The lowest BCUT2D eigenvalue weighted by Crippen LogP contribution is -2.35. The predicted octanol–water partition coefficient (Wildman–Crippen LogP) is 3.69. The number of hydrogen-bond donors (Lipinski definition) is 1. The molecule has 0 bridgehead atoms. The normalized spacial score (nSPS) is 36.8. The fourth-order valence-electron chi connectivity index (χ4n) is 2.42. The van der Waals surface area contributed by atoms with Crippen molar-refractivity contribution in [2.75, 3.05) is 0 Å². The average Bonchev–Trinajstić information content (AvgIpc) is 2.59. The van der Waals surface area contributed by atoms with E-state index in [9.17, 15) is 5.11 Å². The van der Waals surface area contributed by atoms with Crippen molar-refractivity contribution in [1.82, 2.24) is 0 Å². The van der Waals surface area contributed by atoms with Crippen LogP contribution in [0.2, 0.25) is 0 Å². The van der Waals surface area contributed by atoms with Crippen molar-refractivity contribution >= 4 is 15.9 Å². The lowest BCUT2D eigenvalue weighted by Gasteiger charge is -2.37. The summed E-state index contributed by atoms with van der Waals surface area (Å²) in [6.07, 6.45) is 4.27. The van der Waals surface area contributed by atoms with Gasteiger partial charge in [-0.1, -0.05) is 13.8 Å². The fourth-order valence-corrected chi connectivity index (χ4v) is 2.99. The first-order valence-corrected chi connectivity index (χ1v) is 6.28. The predicted molar refractivity (Wildman–Crippen MR) is 62.5 cm³/mol. The molecule has 1 N–H and O–H groups in total. The second-order valence-electron chi connectivity index (χ2n) is 4.83.